The number of thiophene rings is 1. The molecule has 2 aromatic heterocycles. The van der Waals surface area contributed by atoms with Gasteiger partial charge in [-0.3, -0.25) is 19.3 Å². The molecule has 202 valence electrons. The Kier molecular flexibility index (Phi) is 7.89. The van der Waals surface area contributed by atoms with Crippen molar-refractivity contribution >= 4 is 74.1 Å². The van der Waals surface area contributed by atoms with Crippen LogP contribution in [0.1, 0.15) is 11.3 Å². The topological polar surface area (TPSA) is 104 Å². The van der Waals surface area contributed by atoms with Crippen molar-refractivity contribution in [3.05, 3.63) is 85.0 Å². The number of rotatable bonds is 8. The second-order valence-corrected chi connectivity index (χ2v) is 12.8. The molecule has 0 spiro atoms. The number of allylic oxidation sites excluding steroid dienone is 1. The number of carbonyl (C=O) groups is 3. The van der Waals surface area contributed by atoms with E-state index >= 15 is 0 Å². The van der Waals surface area contributed by atoms with E-state index in [1.165, 1.54) is 34.6 Å². The molecular formula is C25H17F3N2O5S4. The average molecular weight is 611 g/mol. The predicted octanol–water partition coefficient (Wildman–Crippen LogP) is 4.72. The highest BCUT2D eigenvalue weighted by Gasteiger charge is 2.53. The fourth-order valence-corrected chi connectivity index (χ4v) is 8.12. The Morgan fingerprint density at radius 3 is 2.72 bits per heavy atom. The molecule has 1 fully saturated rings. The number of nitrogens with one attached hydrogen (secondary N) is 1. The maximum absolute atomic E-state index is 14.2. The van der Waals surface area contributed by atoms with E-state index in [0.717, 1.165) is 38.9 Å². The number of carbonyl (C=O) groups excluding carboxylic acids is 2. The number of aliphatic carboxylic acids is 1. The summed E-state index contributed by atoms with van der Waals surface area (Å²) < 4.78 is 41.3. The molecule has 2 atom stereocenters. The van der Waals surface area contributed by atoms with E-state index in [0.29, 0.717) is 18.1 Å². The van der Waals surface area contributed by atoms with Crippen LogP contribution in [0.15, 0.2) is 61.4 Å². The number of aryl methyl sites for hydroxylation is 1. The van der Waals surface area contributed by atoms with Crippen LogP contribution in [-0.2, 0) is 20.8 Å². The second-order valence-electron chi connectivity index (χ2n) is 8.43. The highest BCUT2D eigenvalue weighted by molar-refractivity contribution is 8.04. The molecule has 4 heterocycles. The fraction of sp³-hybridized carbons (Fsp3) is 0.200. The van der Waals surface area contributed by atoms with Crippen molar-refractivity contribution < 1.29 is 32.7 Å². The van der Waals surface area contributed by atoms with Crippen LogP contribution in [0.25, 0.3) is 10.1 Å². The average Bonchev–Trinajstić information content (AvgIpc) is 3.43. The lowest BCUT2D eigenvalue weighted by atomic mass is 10.0. The maximum Gasteiger partial charge on any atom is 0.352 e. The lowest BCUT2D eigenvalue weighted by Crippen LogP contribution is -2.70. The number of carboxylic acids is 1. The third-order valence-electron chi connectivity index (χ3n) is 5.98. The Morgan fingerprint density at radius 2 is 2.00 bits per heavy atom. The van der Waals surface area contributed by atoms with Crippen molar-refractivity contribution in [2.75, 3.05) is 5.75 Å². The predicted molar refractivity (Wildman–Crippen MR) is 145 cm³/mol. The highest BCUT2D eigenvalue weighted by atomic mass is 32.2. The Labute approximate surface area is 235 Å². The van der Waals surface area contributed by atoms with Crippen molar-refractivity contribution in [2.45, 2.75) is 28.5 Å². The van der Waals surface area contributed by atoms with Crippen molar-refractivity contribution in [3.63, 3.8) is 0 Å². The number of benzene rings is 1. The van der Waals surface area contributed by atoms with Gasteiger partial charge in [0.1, 0.15) is 17.1 Å². The van der Waals surface area contributed by atoms with E-state index in [4.69, 9.17) is 0 Å². The number of hydrogen-bond acceptors (Lipinski definition) is 8. The van der Waals surface area contributed by atoms with Crippen LogP contribution in [0.3, 0.4) is 0 Å². The molecule has 1 aromatic carbocycles. The van der Waals surface area contributed by atoms with Gasteiger partial charge >= 0.3 is 5.97 Å². The van der Waals surface area contributed by atoms with Crippen molar-refractivity contribution in [1.82, 2.24) is 10.2 Å². The van der Waals surface area contributed by atoms with Gasteiger partial charge in [0.15, 0.2) is 22.9 Å². The number of fused-ring (bicyclic) bond motifs is 2. The molecule has 1 saturated heterocycles. The fourth-order valence-electron chi connectivity index (χ4n) is 4.13. The summed E-state index contributed by atoms with van der Waals surface area (Å²) in [7, 11) is 0. The summed E-state index contributed by atoms with van der Waals surface area (Å²) in [4.78, 5) is 51.7. The maximum atomic E-state index is 14.2. The zero-order valence-corrected chi connectivity index (χ0v) is 22.9. The number of thioether (sulfide) groups is 2. The van der Waals surface area contributed by atoms with Gasteiger partial charge in [0.25, 0.3) is 5.91 Å². The quantitative estimate of drug-likeness (QED) is 0.216. The summed E-state index contributed by atoms with van der Waals surface area (Å²) in [5.74, 6) is -6.46. The normalized spacial score (nSPS) is 18.9. The molecule has 0 radical (unpaired) electrons. The summed E-state index contributed by atoms with van der Waals surface area (Å²) in [5.41, 5.74) is -0.562. The molecule has 2 N–H and O–H groups in total. The van der Waals surface area contributed by atoms with Crippen molar-refractivity contribution in [1.29, 1.82) is 0 Å². The first-order valence-corrected chi connectivity index (χ1v) is 15.0. The molecule has 0 saturated carbocycles. The van der Waals surface area contributed by atoms with Crippen LogP contribution in [0, 0.1) is 17.5 Å². The smallest absolute Gasteiger partial charge is 0.352 e. The van der Waals surface area contributed by atoms with E-state index in [-0.39, 0.29) is 38.1 Å². The molecule has 2 aliphatic heterocycles. The van der Waals surface area contributed by atoms with Crippen LogP contribution >= 0.6 is 46.2 Å². The van der Waals surface area contributed by atoms with Crippen LogP contribution in [-0.4, -0.2) is 45.0 Å². The molecule has 7 nitrogen and oxygen atoms in total. The van der Waals surface area contributed by atoms with E-state index in [1.807, 2.05) is 17.5 Å². The summed E-state index contributed by atoms with van der Waals surface area (Å²) in [6, 6.07) is 4.79. The molecule has 2 aliphatic rings. The molecule has 0 aliphatic carbocycles. The third-order valence-corrected chi connectivity index (χ3v) is 10.3. The standard InChI is InChI=1S/C25H17F3N2O5S4/c26-14-8-13-15(31)9-17(39-22(13)19(28)18(14)27)37-7-5-11-10-38-24-20(23(33)30(24)21(11)25(34)35)29-16(32)4-3-12-2-1-6-36-12/h1-2,5-9,20,24H,3-4,10H2,(H,29,32)(H,34,35)/b7-5+/t20?,24-/m1/s1. The summed E-state index contributed by atoms with van der Waals surface area (Å²) >= 11 is 4.56. The number of amides is 2. The first-order chi connectivity index (χ1) is 18.7. The molecule has 5 rings (SSSR count). The van der Waals surface area contributed by atoms with E-state index in [1.54, 1.807) is 0 Å². The summed E-state index contributed by atoms with van der Waals surface area (Å²) in [5, 5.41) is 15.1. The Balaban J connectivity index is 1.29. The van der Waals surface area contributed by atoms with Gasteiger partial charge in [0, 0.05) is 28.5 Å². The Bertz CT molecular complexity index is 1620. The van der Waals surface area contributed by atoms with Gasteiger partial charge in [0.05, 0.1) is 8.91 Å². The number of halogens is 3. The minimum atomic E-state index is -1.67. The number of hydrogen-bond donors (Lipinski definition) is 2. The number of nitrogens with zero attached hydrogens (tertiary/aromatic N) is 1. The second kappa shape index (κ2) is 11.2. The van der Waals surface area contributed by atoms with Crippen molar-refractivity contribution in [2.24, 2.45) is 0 Å². The summed E-state index contributed by atoms with van der Waals surface area (Å²) in [6.45, 7) is 0. The molecular weight excluding hydrogens is 594 g/mol. The number of β-lactam (4-membered cyclic amide) rings is 1. The molecule has 39 heavy (non-hydrogen) atoms. The zero-order valence-electron chi connectivity index (χ0n) is 19.6. The molecule has 0 bridgehead atoms. The van der Waals surface area contributed by atoms with Gasteiger partial charge in [-0.2, -0.15) is 0 Å². The van der Waals surface area contributed by atoms with Gasteiger partial charge in [0.2, 0.25) is 5.91 Å². The molecule has 2 amide bonds. The van der Waals surface area contributed by atoms with Gasteiger partial charge in [-0.15, -0.1) is 34.4 Å². The van der Waals surface area contributed by atoms with Crippen LogP contribution in [0.4, 0.5) is 13.2 Å². The van der Waals surface area contributed by atoms with E-state index in [2.05, 4.69) is 5.32 Å². The molecule has 14 heteroatoms. The van der Waals surface area contributed by atoms with Gasteiger partial charge < -0.3 is 10.4 Å². The van der Waals surface area contributed by atoms with Gasteiger partial charge in [-0.1, -0.05) is 17.8 Å². The van der Waals surface area contributed by atoms with Gasteiger partial charge in [-0.25, -0.2) is 18.0 Å². The van der Waals surface area contributed by atoms with Crippen LogP contribution < -0.4 is 10.7 Å². The monoisotopic (exact) mass is 610 g/mol. The lowest BCUT2D eigenvalue weighted by Gasteiger charge is -2.49. The first-order valence-electron chi connectivity index (χ1n) is 11.3. The highest BCUT2D eigenvalue weighted by Crippen LogP contribution is 2.41. The minimum Gasteiger partial charge on any atom is -0.477 e. The van der Waals surface area contributed by atoms with E-state index < -0.39 is 46.2 Å². The SMILES string of the molecule is O=C(CCc1cccs1)NC1C(=O)N2C(C(=O)O)=C(/C=C/Sc3cc(=O)c4cc(F)c(F)c(F)c4s3)CS[C@H]12. The molecule has 1 unspecified atom stereocenters. The summed E-state index contributed by atoms with van der Waals surface area (Å²) in [6.07, 6.45) is 2.23. The van der Waals surface area contributed by atoms with Gasteiger partial charge in [-0.05, 0) is 41.0 Å². The van der Waals surface area contributed by atoms with Crippen LogP contribution in [0.2, 0.25) is 0 Å². The van der Waals surface area contributed by atoms with Crippen LogP contribution in [0.5, 0.6) is 0 Å². The van der Waals surface area contributed by atoms with Crippen molar-refractivity contribution in [3.8, 4) is 0 Å². The Morgan fingerprint density at radius 1 is 1.21 bits per heavy atom. The lowest BCUT2D eigenvalue weighted by molar-refractivity contribution is -0.150. The zero-order chi connectivity index (χ0) is 27.8. The Hall–Kier alpha value is -3.07. The van der Waals surface area contributed by atoms with E-state index in [9.17, 15) is 37.5 Å². The molecule has 3 aromatic rings. The third kappa shape index (κ3) is 5.38. The first kappa shape index (κ1) is 27.5. The number of carboxylic acid groups (broad SMARTS) is 1. The minimum absolute atomic E-state index is 0.208. The largest absolute Gasteiger partial charge is 0.477 e.